The van der Waals surface area contributed by atoms with Crippen molar-refractivity contribution in [3.8, 4) is 0 Å². The fraction of sp³-hybridized carbons (Fsp3) is 0.929. The zero-order valence-corrected chi connectivity index (χ0v) is 10.0. The summed E-state index contributed by atoms with van der Waals surface area (Å²) in [6.07, 6.45) is 12.1. The number of ether oxygens (including phenoxy) is 1. The van der Waals surface area contributed by atoms with Gasteiger partial charge in [-0.05, 0) is 57.3 Å². The van der Waals surface area contributed by atoms with Crippen LogP contribution in [0.5, 0.6) is 0 Å². The highest BCUT2D eigenvalue weighted by Crippen LogP contribution is 2.55. The lowest BCUT2D eigenvalue weighted by molar-refractivity contribution is -0.162. The first-order valence-corrected chi connectivity index (χ1v) is 7.02. The molecule has 0 spiro atoms. The molecule has 0 aromatic heterocycles. The summed E-state index contributed by atoms with van der Waals surface area (Å²) in [5, 5.41) is 0. The Morgan fingerprint density at radius 1 is 0.938 bits per heavy atom. The Kier molecular flexibility index (Phi) is 2.68. The topological polar surface area (TPSA) is 26.3 Å². The van der Waals surface area contributed by atoms with Crippen molar-refractivity contribution in [3.05, 3.63) is 0 Å². The van der Waals surface area contributed by atoms with Crippen molar-refractivity contribution < 1.29 is 9.53 Å². The summed E-state index contributed by atoms with van der Waals surface area (Å²) < 4.78 is 5.76. The standard InChI is InChI=1S/C14H22O2/c15-13(16-12-5-1-2-6-12)14(11-7-8-11)9-3-4-10-14/h11-12H,1-10H2. The van der Waals surface area contributed by atoms with E-state index < -0.39 is 0 Å². The van der Waals surface area contributed by atoms with E-state index in [0.29, 0.717) is 5.92 Å². The third-order valence-corrected chi connectivity index (χ3v) is 4.84. The molecule has 0 heterocycles. The van der Waals surface area contributed by atoms with Crippen molar-refractivity contribution in [1.29, 1.82) is 0 Å². The fourth-order valence-electron chi connectivity index (χ4n) is 3.70. The quantitative estimate of drug-likeness (QED) is 0.684. The molecule has 2 nitrogen and oxygen atoms in total. The van der Waals surface area contributed by atoms with Crippen LogP contribution in [0.25, 0.3) is 0 Å². The third-order valence-electron chi connectivity index (χ3n) is 4.84. The van der Waals surface area contributed by atoms with Crippen LogP contribution >= 0.6 is 0 Å². The average Bonchev–Trinajstić information content (AvgIpc) is 2.83. The van der Waals surface area contributed by atoms with Gasteiger partial charge in [0.2, 0.25) is 0 Å². The maximum Gasteiger partial charge on any atom is 0.312 e. The number of rotatable bonds is 3. The normalized spacial score (nSPS) is 29.5. The molecule has 0 N–H and O–H groups in total. The first-order valence-electron chi connectivity index (χ1n) is 7.02. The van der Waals surface area contributed by atoms with Gasteiger partial charge in [-0.25, -0.2) is 0 Å². The van der Waals surface area contributed by atoms with Gasteiger partial charge in [0.1, 0.15) is 6.10 Å². The average molecular weight is 222 g/mol. The number of carbonyl (C=O) groups is 1. The Labute approximate surface area is 97.7 Å². The maximum atomic E-state index is 12.4. The lowest BCUT2D eigenvalue weighted by Crippen LogP contribution is -2.34. The first-order chi connectivity index (χ1) is 7.81. The van der Waals surface area contributed by atoms with Crippen molar-refractivity contribution >= 4 is 5.97 Å². The Morgan fingerprint density at radius 2 is 1.56 bits per heavy atom. The van der Waals surface area contributed by atoms with E-state index >= 15 is 0 Å². The highest BCUT2D eigenvalue weighted by Gasteiger charge is 2.53. The van der Waals surface area contributed by atoms with Gasteiger partial charge in [-0.15, -0.1) is 0 Å². The number of esters is 1. The second kappa shape index (κ2) is 4.05. The zero-order valence-electron chi connectivity index (χ0n) is 10.0. The number of hydrogen-bond acceptors (Lipinski definition) is 2. The summed E-state index contributed by atoms with van der Waals surface area (Å²) >= 11 is 0. The molecule has 90 valence electrons. The third kappa shape index (κ3) is 1.76. The minimum atomic E-state index is -0.0391. The molecule has 3 aliphatic carbocycles. The molecule has 0 bridgehead atoms. The molecule has 0 atom stereocenters. The summed E-state index contributed by atoms with van der Waals surface area (Å²) in [5.74, 6) is 0.836. The highest BCUT2D eigenvalue weighted by molar-refractivity contribution is 5.78. The maximum absolute atomic E-state index is 12.4. The molecule has 3 aliphatic rings. The van der Waals surface area contributed by atoms with Gasteiger partial charge in [-0.2, -0.15) is 0 Å². The molecular formula is C14H22O2. The number of hydrogen-bond donors (Lipinski definition) is 0. The molecule has 0 amide bonds. The monoisotopic (exact) mass is 222 g/mol. The molecule has 16 heavy (non-hydrogen) atoms. The number of carbonyl (C=O) groups excluding carboxylic acids is 1. The Balaban J connectivity index is 1.66. The largest absolute Gasteiger partial charge is 0.462 e. The Bertz CT molecular complexity index is 268. The van der Waals surface area contributed by atoms with Gasteiger partial charge >= 0.3 is 5.97 Å². The molecule has 3 saturated carbocycles. The second-order valence-electron chi connectivity index (χ2n) is 5.95. The predicted molar refractivity (Wildman–Crippen MR) is 62.0 cm³/mol. The molecule has 0 aromatic rings. The molecule has 0 aromatic carbocycles. The van der Waals surface area contributed by atoms with Crippen LogP contribution in [-0.2, 0) is 9.53 Å². The van der Waals surface area contributed by atoms with Crippen LogP contribution < -0.4 is 0 Å². The minimum absolute atomic E-state index is 0.0391. The van der Waals surface area contributed by atoms with E-state index in [1.807, 2.05) is 0 Å². The summed E-state index contributed by atoms with van der Waals surface area (Å²) in [5.41, 5.74) is -0.0391. The van der Waals surface area contributed by atoms with Gasteiger partial charge < -0.3 is 4.74 Å². The predicted octanol–water partition coefficient (Wildman–Crippen LogP) is 3.44. The SMILES string of the molecule is O=C(OC1CCCC1)C1(C2CC2)CCCC1. The van der Waals surface area contributed by atoms with Gasteiger partial charge in [0, 0.05) is 0 Å². The van der Waals surface area contributed by atoms with E-state index in [4.69, 9.17) is 4.74 Å². The molecule has 0 saturated heterocycles. The first kappa shape index (κ1) is 10.6. The van der Waals surface area contributed by atoms with E-state index in [1.54, 1.807) is 0 Å². The van der Waals surface area contributed by atoms with E-state index in [-0.39, 0.29) is 17.5 Å². The summed E-state index contributed by atoms with van der Waals surface area (Å²) in [6, 6.07) is 0. The van der Waals surface area contributed by atoms with Crippen LogP contribution in [-0.4, -0.2) is 12.1 Å². The van der Waals surface area contributed by atoms with Crippen molar-refractivity contribution in [1.82, 2.24) is 0 Å². The molecule has 0 unspecified atom stereocenters. The van der Waals surface area contributed by atoms with Crippen LogP contribution in [0.4, 0.5) is 0 Å². The highest BCUT2D eigenvalue weighted by atomic mass is 16.5. The Morgan fingerprint density at radius 3 is 2.12 bits per heavy atom. The van der Waals surface area contributed by atoms with Crippen LogP contribution in [0.3, 0.4) is 0 Å². The van der Waals surface area contributed by atoms with Crippen LogP contribution in [0.2, 0.25) is 0 Å². The summed E-state index contributed by atoms with van der Waals surface area (Å²) in [4.78, 5) is 12.4. The molecule has 0 aliphatic heterocycles. The lowest BCUT2D eigenvalue weighted by Gasteiger charge is -2.28. The van der Waals surface area contributed by atoms with Gasteiger partial charge in [-0.3, -0.25) is 4.79 Å². The van der Waals surface area contributed by atoms with E-state index in [0.717, 1.165) is 25.7 Å². The lowest BCUT2D eigenvalue weighted by atomic mass is 9.81. The van der Waals surface area contributed by atoms with E-state index in [2.05, 4.69) is 0 Å². The van der Waals surface area contributed by atoms with Gasteiger partial charge in [-0.1, -0.05) is 12.8 Å². The minimum Gasteiger partial charge on any atom is -0.462 e. The molecule has 3 rings (SSSR count). The molecule has 3 fully saturated rings. The van der Waals surface area contributed by atoms with Crippen molar-refractivity contribution in [2.75, 3.05) is 0 Å². The fourth-order valence-corrected chi connectivity index (χ4v) is 3.70. The van der Waals surface area contributed by atoms with Crippen LogP contribution in [0.1, 0.15) is 64.2 Å². The van der Waals surface area contributed by atoms with Gasteiger partial charge in [0.15, 0.2) is 0 Å². The molecular weight excluding hydrogens is 200 g/mol. The van der Waals surface area contributed by atoms with E-state index in [1.165, 1.54) is 38.5 Å². The van der Waals surface area contributed by atoms with Crippen molar-refractivity contribution in [2.45, 2.75) is 70.3 Å². The van der Waals surface area contributed by atoms with Crippen LogP contribution in [0.15, 0.2) is 0 Å². The smallest absolute Gasteiger partial charge is 0.312 e. The van der Waals surface area contributed by atoms with Gasteiger partial charge in [0.05, 0.1) is 5.41 Å². The summed E-state index contributed by atoms with van der Waals surface area (Å²) in [6.45, 7) is 0. The molecule has 2 heteroatoms. The van der Waals surface area contributed by atoms with Crippen LogP contribution in [0, 0.1) is 11.3 Å². The van der Waals surface area contributed by atoms with E-state index in [9.17, 15) is 4.79 Å². The van der Waals surface area contributed by atoms with Gasteiger partial charge in [0.25, 0.3) is 0 Å². The second-order valence-corrected chi connectivity index (χ2v) is 5.95. The molecule has 0 radical (unpaired) electrons. The van der Waals surface area contributed by atoms with Crippen molar-refractivity contribution in [3.63, 3.8) is 0 Å². The van der Waals surface area contributed by atoms with Crippen molar-refractivity contribution in [2.24, 2.45) is 11.3 Å². The Hall–Kier alpha value is -0.530. The zero-order chi connectivity index (χ0) is 11.0. The summed E-state index contributed by atoms with van der Waals surface area (Å²) in [7, 11) is 0.